The van der Waals surface area contributed by atoms with Gasteiger partial charge in [0.05, 0.1) is 0 Å². The summed E-state index contributed by atoms with van der Waals surface area (Å²) >= 11 is 0. The molecule has 0 aliphatic heterocycles. The summed E-state index contributed by atoms with van der Waals surface area (Å²) in [7, 11) is 0. The number of rotatable bonds is 6. The van der Waals surface area contributed by atoms with Crippen molar-refractivity contribution >= 4 is 29.1 Å². The fourth-order valence-corrected chi connectivity index (χ4v) is 3.40. The SMILES string of the molecule is CCN(C(=O)COC(=O)/C=C/c1nc2ccccc2o1)C1CCCCC1. The van der Waals surface area contributed by atoms with Crippen LogP contribution >= 0.6 is 0 Å². The molecule has 1 aliphatic carbocycles. The van der Waals surface area contributed by atoms with Crippen molar-refractivity contribution in [3.63, 3.8) is 0 Å². The van der Waals surface area contributed by atoms with Crippen LogP contribution in [0, 0.1) is 0 Å². The van der Waals surface area contributed by atoms with E-state index < -0.39 is 5.97 Å². The van der Waals surface area contributed by atoms with Gasteiger partial charge in [0.15, 0.2) is 12.2 Å². The van der Waals surface area contributed by atoms with Crippen molar-refractivity contribution < 1.29 is 18.7 Å². The molecule has 1 aliphatic rings. The fraction of sp³-hybridized carbons (Fsp3) is 0.450. The molecule has 0 atom stereocenters. The number of hydrogen-bond acceptors (Lipinski definition) is 5. The Kier molecular flexibility index (Phi) is 6.04. The van der Waals surface area contributed by atoms with Gasteiger partial charge in [-0.05, 0) is 31.9 Å². The number of benzene rings is 1. The minimum absolute atomic E-state index is 0.136. The van der Waals surface area contributed by atoms with Crippen LogP contribution in [0.15, 0.2) is 34.8 Å². The lowest BCUT2D eigenvalue weighted by atomic mass is 9.94. The van der Waals surface area contributed by atoms with Gasteiger partial charge >= 0.3 is 5.97 Å². The summed E-state index contributed by atoms with van der Waals surface area (Å²) < 4.78 is 10.6. The first kappa shape index (κ1) is 18.2. The van der Waals surface area contributed by atoms with Crippen LogP contribution in [0.25, 0.3) is 17.2 Å². The maximum Gasteiger partial charge on any atom is 0.331 e. The average molecular weight is 356 g/mol. The van der Waals surface area contributed by atoms with Gasteiger partial charge in [-0.25, -0.2) is 9.78 Å². The highest BCUT2D eigenvalue weighted by Crippen LogP contribution is 2.22. The molecule has 1 aromatic carbocycles. The average Bonchev–Trinajstić information content (AvgIpc) is 3.09. The van der Waals surface area contributed by atoms with Gasteiger partial charge in [0.1, 0.15) is 5.52 Å². The van der Waals surface area contributed by atoms with Gasteiger partial charge in [-0.1, -0.05) is 31.4 Å². The fourth-order valence-electron chi connectivity index (χ4n) is 3.40. The number of fused-ring (bicyclic) bond motifs is 1. The van der Waals surface area contributed by atoms with Crippen molar-refractivity contribution in [3.05, 3.63) is 36.2 Å². The van der Waals surface area contributed by atoms with E-state index in [4.69, 9.17) is 9.15 Å². The van der Waals surface area contributed by atoms with Crippen LogP contribution in [0.3, 0.4) is 0 Å². The number of amides is 1. The van der Waals surface area contributed by atoms with E-state index in [1.165, 1.54) is 18.6 Å². The first-order valence-corrected chi connectivity index (χ1v) is 9.17. The van der Waals surface area contributed by atoms with Crippen LogP contribution in [0.2, 0.25) is 0 Å². The van der Waals surface area contributed by atoms with Gasteiger partial charge in [-0.2, -0.15) is 0 Å². The molecule has 1 saturated carbocycles. The summed E-state index contributed by atoms with van der Waals surface area (Å²) in [5.74, 6) is -0.393. The quantitative estimate of drug-likeness (QED) is 0.584. The molecule has 138 valence electrons. The lowest BCUT2D eigenvalue weighted by Crippen LogP contribution is -2.43. The third-order valence-electron chi connectivity index (χ3n) is 4.69. The molecule has 0 saturated heterocycles. The molecule has 3 rings (SSSR count). The number of para-hydroxylation sites is 2. The first-order valence-electron chi connectivity index (χ1n) is 9.17. The predicted molar refractivity (Wildman–Crippen MR) is 98.3 cm³/mol. The van der Waals surface area contributed by atoms with Crippen molar-refractivity contribution in [2.75, 3.05) is 13.2 Å². The summed E-state index contributed by atoms with van der Waals surface area (Å²) in [5.41, 5.74) is 1.38. The minimum Gasteiger partial charge on any atom is -0.452 e. The molecule has 0 spiro atoms. The number of aromatic nitrogens is 1. The smallest absolute Gasteiger partial charge is 0.331 e. The number of nitrogens with zero attached hydrogens (tertiary/aromatic N) is 2. The second-order valence-electron chi connectivity index (χ2n) is 6.43. The zero-order valence-electron chi connectivity index (χ0n) is 15.0. The van der Waals surface area contributed by atoms with Crippen LogP contribution in [0.5, 0.6) is 0 Å². The molecule has 0 radical (unpaired) electrons. The zero-order chi connectivity index (χ0) is 18.4. The third kappa shape index (κ3) is 4.50. The molecule has 1 fully saturated rings. The van der Waals surface area contributed by atoms with E-state index in [0.717, 1.165) is 31.2 Å². The van der Waals surface area contributed by atoms with Crippen LogP contribution in [-0.2, 0) is 14.3 Å². The summed E-state index contributed by atoms with van der Waals surface area (Å²) in [5, 5.41) is 0. The largest absolute Gasteiger partial charge is 0.452 e. The van der Waals surface area contributed by atoms with Crippen LogP contribution < -0.4 is 0 Å². The Balaban J connectivity index is 1.51. The maximum atomic E-state index is 12.4. The van der Waals surface area contributed by atoms with Gasteiger partial charge in [-0.3, -0.25) is 4.79 Å². The second kappa shape index (κ2) is 8.65. The van der Waals surface area contributed by atoms with Crippen molar-refractivity contribution in [1.82, 2.24) is 9.88 Å². The number of esters is 1. The Bertz CT molecular complexity index is 757. The van der Waals surface area contributed by atoms with Crippen LogP contribution in [0.4, 0.5) is 0 Å². The lowest BCUT2D eigenvalue weighted by Gasteiger charge is -2.33. The van der Waals surface area contributed by atoms with E-state index in [-0.39, 0.29) is 18.6 Å². The Hall–Kier alpha value is -2.63. The Morgan fingerprint density at radius 1 is 1.27 bits per heavy atom. The summed E-state index contributed by atoms with van der Waals surface area (Å²) in [4.78, 5) is 30.3. The van der Waals surface area contributed by atoms with E-state index in [1.54, 1.807) is 6.07 Å². The van der Waals surface area contributed by atoms with Gasteiger partial charge in [0.2, 0.25) is 5.89 Å². The Labute approximate surface area is 152 Å². The molecule has 1 heterocycles. The van der Waals surface area contributed by atoms with E-state index in [2.05, 4.69) is 4.98 Å². The highest BCUT2D eigenvalue weighted by molar-refractivity contribution is 5.89. The third-order valence-corrected chi connectivity index (χ3v) is 4.69. The standard InChI is InChI=1S/C20H24N2O4/c1-2-22(15-8-4-3-5-9-15)19(23)14-25-20(24)13-12-18-21-16-10-6-7-11-17(16)26-18/h6-7,10-13,15H,2-5,8-9,14H2,1H3/b13-12+. The molecule has 2 aromatic rings. The number of carbonyl (C=O) groups excluding carboxylic acids is 2. The molecule has 6 nitrogen and oxygen atoms in total. The molecule has 0 unspecified atom stereocenters. The highest BCUT2D eigenvalue weighted by Gasteiger charge is 2.24. The summed E-state index contributed by atoms with van der Waals surface area (Å²) in [6, 6.07) is 7.63. The van der Waals surface area contributed by atoms with Gasteiger partial charge in [0.25, 0.3) is 5.91 Å². The molecule has 1 amide bonds. The van der Waals surface area contributed by atoms with E-state index >= 15 is 0 Å². The predicted octanol–water partition coefficient (Wildman–Crippen LogP) is 3.57. The van der Waals surface area contributed by atoms with Gasteiger partial charge in [-0.15, -0.1) is 0 Å². The monoisotopic (exact) mass is 356 g/mol. The Morgan fingerprint density at radius 3 is 2.77 bits per heavy atom. The van der Waals surface area contributed by atoms with Crippen molar-refractivity contribution in [1.29, 1.82) is 0 Å². The summed E-state index contributed by atoms with van der Waals surface area (Å²) in [6.45, 7) is 2.36. The van der Waals surface area contributed by atoms with Gasteiger partial charge < -0.3 is 14.1 Å². The number of hydrogen-bond donors (Lipinski definition) is 0. The van der Waals surface area contributed by atoms with Crippen LogP contribution in [0.1, 0.15) is 44.9 Å². The normalized spacial score (nSPS) is 15.4. The number of oxazole rings is 1. The highest BCUT2D eigenvalue weighted by atomic mass is 16.5. The molecule has 0 N–H and O–H groups in total. The van der Waals surface area contributed by atoms with Crippen molar-refractivity contribution in [2.24, 2.45) is 0 Å². The molecular weight excluding hydrogens is 332 g/mol. The van der Waals surface area contributed by atoms with Crippen molar-refractivity contribution in [2.45, 2.75) is 45.1 Å². The molecular formula is C20H24N2O4. The molecule has 1 aromatic heterocycles. The van der Waals surface area contributed by atoms with E-state index in [9.17, 15) is 9.59 Å². The molecule has 6 heteroatoms. The number of ether oxygens (including phenoxy) is 1. The van der Waals surface area contributed by atoms with Gasteiger partial charge in [0, 0.05) is 24.7 Å². The number of carbonyl (C=O) groups is 2. The molecule has 0 bridgehead atoms. The lowest BCUT2D eigenvalue weighted by molar-refractivity contribution is -0.149. The van der Waals surface area contributed by atoms with E-state index in [1.807, 2.05) is 30.0 Å². The topological polar surface area (TPSA) is 72.6 Å². The molecule has 26 heavy (non-hydrogen) atoms. The van der Waals surface area contributed by atoms with Crippen molar-refractivity contribution in [3.8, 4) is 0 Å². The van der Waals surface area contributed by atoms with Crippen LogP contribution in [-0.4, -0.2) is 41.0 Å². The number of likely N-dealkylation sites (N-methyl/N-ethyl adjacent to an activating group) is 1. The first-order chi connectivity index (χ1) is 12.7. The second-order valence-corrected chi connectivity index (χ2v) is 6.43. The Morgan fingerprint density at radius 2 is 2.04 bits per heavy atom. The zero-order valence-corrected chi connectivity index (χ0v) is 15.0. The van der Waals surface area contributed by atoms with E-state index in [0.29, 0.717) is 18.0 Å². The maximum absolute atomic E-state index is 12.4. The summed E-state index contributed by atoms with van der Waals surface area (Å²) in [6.07, 6.45) is 8.29. The minimum atomic E-state index is -0.583.